The van der Waals surface area contributed by atoms with Gasteiger partial charge in [-0.2, -0.15) is 0 Å². The maximum atomic E-state index is 12.4. The van der Waals surface area contributed by atoms with Gasteiger partial charge in [0.15, 0.2) is 0 Å². The summed E-state index contributed by atoms with van der Waals surface area (Å²) in [7, 11) is -4.00. The fourth-order valence-electron chi connectivity index (χ4n) is 2.41. The molecule has 2 heterocycles. The second kappa shape index (κ2) is 7.69. The number of halogens is 1. The minimum atomic E-state index is -4.00. The number of hydrogen-bond acceptors (Lipinski definition) is 5. The Kier molecular flexibility index (Phi) is 5.65. The normalized spacial score (nSPS) is 12.0. The maximum absolute atomic E-state index is 12.4. The third-order valence-electron chi connectivity index (χ3n) is 3.95. The zero-order valence-electron chi connectivity index (χ0n) is 15.5. The predicted octanol–water partition coefficient (Wildman–Crippen LogP) is 2.58. The van der Waals surface area contributed by atoms with Crippen LogP contribution < -0.4 is 9.25 Å². The van der Waals surface area contributed by atoms with Crippen molar-refractivity contribution in [2.75, 3.05) is 0 Å². The van der Waals surface area contributed by atoms with Gasteiger partial charge in [0.2, 0.25) is 0 Å². The summed E-state index contributed by atoms with van der Waals surface area (Å²) in [5, 5.41) is 4.44. The van der Waals surface area contributed by atoms with Crippen LogP contribution in [-0.4, -0.2) is 42.4 Å². The number of benzene rings is 1. The molecule has 10 heteroatoms. The number of rotatable bonds is 5. The van der Waals surface area contributed by atoms with E-state index in [1.165, 1.54) is 18.2 Å². The van der Waals surface area contributed by atoms with E-state index in [9.17, 15) is 13.2 Å². The molecule has 7 nitrogen and oxygen atoms in total. The Labute approximate surface area is 171 Å². The van der Waals surface area contributed by atoms with Crippen LogP contribution in [0.25, 0.3) is 5.82 Å². The number of pyridine rings is 1. The molecular weight excluding hydrogens is 460 g/mol. The van der Waals surface area contributed by atoms with Crippen LogP contribution >= 0.6 is 11.6 Å². The Morgan fingerprint density at radius 1 is 1.07 bits per heavy atom. The standard InChI is InChI=1S/C18H19ClGeN4O3S/c1-20(2,3)15-11-12-24(22-15)16-10-9-14(17(19)21-16)18(25)23-28(26,27)13-7-5-4-6-8-13/h4-12H,1-3H3,(H,23,25). The molecule has 2 aromatic heterocycles. The van der Waals surface area contributed by atoms with E-state index < -0.39 is 29.2 Å². The van der Waals surface area contributed by atoms with Crippen molar-refractivity contribution in [2.45, 2.75) is 22.2 Å². The first-order chi connectivity index (χ1) is 13.1. The molecule has 1 amide bonds. The predicted molar refractivity (Wildman–Crippen MR) is 110 cm³/mol. The van der Waals surface area contributed by atoms with E-state index in [-0.39, 0.29) is 15.6 Å². The van der Waals surface area contributed by atoms with Crippen molar-refractivity contribution < 1.29 is 13.2 Å². The molecule has 0 aliphatic heterocycles. The van der Waals surface area contributed by atoms with Gasteiger partial charge in [0.25, 0.3) is 0 Å². The fourth-order valence-corrected chi connectivity index (χ4v) is 5.69. The molecular formula is C18H19ClGeN4O3S. The monoisotopic (exact) mass is 480 g/mol. The summed E-state index contributed by atoms with van der Waals surface area (Å²) in [6, 6.07) is 12.6. The van der Waals surface area contributed by atoms with Crippen LogP contribution in [0.4, 0.5) is 0 Å². The number of amides is 1. The topological polar surface area (TPSA) is 94.0 Å². The summed E-state index contributed by atoms with van der Waals surface area (Å²) in [5.41, 5.74) is -0.0363. The number of carbonyl (C=O) groups is 1. The van der Waals surface area contributed by atoms with Crippen LogP contribution in [0.1, 0.15) is 10.4 Å². The summed E-state index contributed by atoms with van der Waals surface area (Å²) in [6.07, 6.45) is 1.80. The second-order valence-corrected chi connectivity index (χ2v) is 19.7. The van der Waals surface area contributed by atoms with Gasteiger partial charge in [0.05, 0.1) is 0 Å². The molecule has 1 aromatic carbocycles. The zero-order chi connectivity index (χ0) is 20.5. The summed E-state index contributed by atoms with van der Waals surface area (Å²) in [5.74, 6) is 6.29. The van der Waals surface area contributed by atoms with E-state index in [1.54, 1.807) is 35.1 Å². The van der Waals surface area contributed by atoms with Gasteiger partial charge in [0, 0.05) is 0 Å². The molecule has 0 unspecified atom stereocenters. The van der Waals surface area contributed by atoms with Gasteiger partial charge in [-0.1, -0.05) is 18.2 Å². The molecule has 0 saturated carbocycles. The van der Waals surface area contributed by atoms with Crippen molar-refractivity contribution in [2.24, 2.45) is 0 Å². The zero-order valence-corrected chi connectivity index (χ0v) is 19.2. The summed E-state index contributed by atoms with van der Waals surface area (Å²) < 4.78 is 29.3. The van der Waals surface area contributed by atoms with Crippen molar-refractivity contribution in [1.82, 2.24) is 19.5 Å². The van der Waals surface area contributed by atoms with Crippen molar-refractivity contribution >= 4 is 45.3 Å². The molecule has 146 valence electrons. The average Bonchev–Trinajstić information content (AvgIpc) is 3.12. The Morgan fingerprint density at radius 3 is 2.32 bits per heavy atom. The van der Waals surface area contributed by atoms with Crippen molar-refractivity contribution in [3.8, 4) is 5.82 Å². The van der Waals surface area contributed by atoms with Gasteiger partial charge < -0.3 is 0 Å². The van der Waals surface area contributed by atoms with Crippen molar-refractivity contribution in [3.05, 3.63) is 65.4 Å². The van der Waals surface area contributed by atoms with Crippen LogP contribution in [-0.2, 0) is 10.0 Å². The Bertz CT molecular complexity index is 1130. The van der Waals surface area contributed by atoms with Gasteiger partial charge in [-0.15, -0.1) is 0 Å². The molecule has 0 radical (unpaired) electrons. The molecule has 3 rings (SSSR count). The average molecular weight is 480 g/mol. The first-order valence-corrected chi connectivity index (χ1v) is 17.6. The molecule has 0 bridgehead atoms. The first kappa shape index (κ1) is 20.6. The Balaban J connectivity index is 1.84. The fraction of sp³-hybridized carbons (Fsp3) is 0.167. The van der Waals surface area contributed by atoms with Gasteiger partial charge in [-0.05, 0) is 0 Å². The van der Waals surface area contributed by atoms with Crippen LogP contribution in [0.15, 0.2) is 59.6 Å². The quantitative estimate of drug-likeness (QED) is 0.449. The molecule has 0 atom stereocenters. The van der Waals surface area contributed by atoms with Crippen molar-refractivity contribution in [1.29, 1.82) is 0 Å². The van der Waals surface area contributed by atoms with E-state index >= 15 is 0 Å². The number of carbonyl (C=O) groups excluding carboxylic acids is 1. The third kappa shape index (κ3) is 4.45. The number of sulfonamides is 1. The molecule has 3 aromatic rings. The van der Waals surface area contributed by atoms with Gasteiger partial charge in [0.1, 0.15) is 0 Å². The molecule has 0 aliphatic carbocycles. The van der Waals surface area contributed by atoms with Gasteiger partial charge in [-0.3, -0.25) is 0 Å². The molecule has 0 fully saturated rings. The van der Waals surface area contributed by atoms with Gasteiger partial charge in [-0.25, -0.2) is 0 Å². The van der Waals surface area contributed by atoms with Crippen LogP contribution in [0.2, 0.25) is 22.4 Å². The first-order valence-electron chi connectivity index (χ1n) is 8.43. The number of nitrogens with zero attached hydrogens (tertiary/aromatic N) is 3. The number of nitrogens with one attached hydrogen (secondary N) is 1. The summed E-state index contributed by atoms with van der Waals surface area (Å²) >= 11 is 4.07. The number of aromatic nitrogens is 3. The van der Waals surface area contributed by atoms with E-state index in [0.717, 1.165) is 4.53 Å². The third-order valence-corrected chi connectivity index (χ3v) is 9.37. The van der Waals surface area contributed by atoms with E-state index in [4.69, 9.17) is 11.6 Å². The Hall–Kier alpha value is -2.17. The molecule has 0 aliphatic rings. The van der Waals surface area contributed by atoms with E-state index in [0.29, 0.717) is 5.82 Å². The van der Waals surface area contributed by atoms with Crippen LogP contribution in [0.3, 0.4) is 0 Å². The van der Waals surface area contributed by atoms with E-state index in [2.05, 4.69) is 27.4 Å². The molecule has 28 heavy (non-hydrogen) atoms. The summed E-state index contributed by atoms with van der Waals surface area (Å²) in [6.45, 7) is 0. The molecule has 0 saturated heterocycles. The van der Waals surface area contributed by atoms with Gasteiger partial charge >= 0.3 is 153 Å². The summed E-state index contributed by atoms with van der Waals surface area (Å²) in [4.78, 5) is 16.6. The SMILES string of the molecule is [CH3][Ge]([CH3])([CH3])[c]1ccn(-c2ccc(C(=O)NS(=O)(=O)c3ccccc3)c(Cl)n2)n1. The number of hydrogen-bond donors (Lipinski definition) is 1. The van der Waals surface area contributed by atoms with Crippen molar-refractivity contribution in [3.63, 3.8) is 0 Å². The van der Waals surface area contributed by atoms with Crippen LogP contribution in [0.5, 0.6) is 0 Å². The molecule has 0 spiro atoms. The minimum absolute atomic E-state index is 0.0130. The molecule has 1 N–H and O–H groups in total. The second-order valence-electron chi connectivity index (χ2n) is 7.15. The van der Waals surface area contributed by atoms with Crippen LogP contribution in [0, 0.1) is 0 Å². The Morgan fingerprint density at radius 2 is 1.75 bits per heavy atom. The van der Waals surface area contributed by atoms with E-state index in [1.807, 2.05) is 10.8 Å².